The highest BCUT2D eigenvalue weighted by Crippen LogP contribution is 2.15. The van der Waals surface area contributed by atoms with Gasteiger partial charge in [-0.05, 0) is 31.5 Å². The van der Waals surface area contributed by atoms with Crippen LogP contribution in [-0.2, 0) is 9.59 Å². The van der Waals surface area contributed by atoms with Crippen LogP contribution in [0, 0.1) is 5.92 Å². The molecule has 9 heteroatoms. The highest BCUT2D eigenvalue weighted by Gasteiger charge is 2.32. The van der Waals surface area contributed by atoms with E-state index in [2.05, 4.69) is 10.3 Å². The van der Waals surface area contributed by atoms with E-state index < -0.39 is 0 Å². The normalized spacial score (nSPS) is 20.9. The van der Waals surface area contributed by atoms with Crippen molar-refractivity contribution in [1.29, 1.82) is 0 Å². The van der Waals surface area contributed by atoms with Crippen molar-refractivity contribution < 1.29 is 14.7 Å². The number of carbonyl (C=O) groups excluding carboxylic acids is 2. The summed E-state index contributed by atoms with van der Waals surface area (Å²) in [7, 11) is 3.46. The molecule has 6 N–H and O–H groups in total. The third kappa shape index (κ3) is 6.91. The molecule has 0 radical (unpaired) electrons. The molecule has 0 bridgehead atoms. The lowest BCUT2D eigenvalue weighted by molar-refractivity contribution is -0.124. The molecule has 9 nitrogen and oxygen atoms in total. The average molecular weight is 393 g/mol. The van der Waals surface area contributed by atoms with E-state index in [0.717, 1.165) is 11.8 Å². The van der Waals surface area contributed by atoms with Crippen LogP contribution in [0.3, 0.4) is 0 Å². The zero-order valence-corrected chi connectivity index (χ0v) is 16.9. The minimum Gasteiger partial charge on any atom is -0.397 e. The van der Waals surface area contributed by atoms with Crippen LogP contribution in [0.5, 0.6) is 0 Å². The van der Waals surface area contributed by atoms with Gasteiger partial charge in [-0.1, -0.05) is 13.8 Å². The first kappa shape index (κ1) is 23.5. The van der Waals surface area contributed by atoms with Crippen molar-refractivity contribution in [2.75, 3.05) is 20.6 Å². The number of likely N-dealkylation sites (tertiary alicyclic amines) is 1. The third-order valence-electron chi connectivity index (χ3n) is 4.52. The number of aldehydes is 1. The number of aromatic nitrogens is 1. The quantitative estimate of drug-likeness (QED) is 0.290. The molecule has 3 unspecified atom stereocenters. The van der Waals surface area contributed by atoms with Crippen molar-refractivity contribution in [2.45, 2.75) is 38.5 Å². The van der Waals surface area contributed by atoms with Crippen molar-refractivity contribution in [3.05, 3.63) is 36.3 Å². The molecule has 1 aromatic heterocycles. The van der Waals surface area contributed by atoms with Gasteiger partial charge in [0.2, 0.25) is 5.91 Å². The number of hydrogen-bond donors (Lipinski definition) is 4. The van der Waals surface area contributed by atoms with Crippen LogP contribution >= 0.6 is 0 Å². The third-order valence-corrected chi connectivity index (χ3v) is 4.52. The fraction of sp³-hybridized carbons (Fsp3) is 0.526. The van der Waals surface area contributed by atoms with E-state index in [1.807, 2.05) is 31.9 Å². The lowest BCUT2D eigenvalue weighted by atomic mass is 10.1. The predicted octanol–water partition coefficient (Wildman–Crippen LogP) is -0.465. The van der Waals surface area contributed by atoms with Gasteiger partial charge in [-0.2, -0.15) is 0 Å². The van der Waals surface area contributed by atoms with Gasteiger partial charge < -0.3 is 26.0 Å². The summed E-state index contributed by atoms with van der Waals surface area (Å²) in [6, 6.07) is 3.09. The van der Waals surface area contributed by atoms with Crippen molar-refractivity contribution in [1.82, 2.24) is 20.2 Å². The molecular formula is C19H32N6O3. The van der Waals surface area contributed by atoms with E-state index in [9.17, 15) is 14.7 Å². The summed E-state index contributed by atoms with van der Waals surface area (Å²) >= 11 is 0. The van der Waals surface area contributed by atoms with Gasteiger partial charge in [-0.3, -0.25) is 14.7 Å². The Morgan fingerprint density at radius 2 is 2.18 bits per heavy atom. The molecule has 28 heavy (non-hydrogen) atoms. The molecule has 0 saturated carbocycles. The SMILES string of the molecule is CC(C)C(C=O)N(N)/C=C(\N)c1cccnc1.CNC(=O)C1CC(O)CN1C. The standard InChI is InChI=1S/C12H18N4O.C7H14N2O2/c1-9(2)12(8-17)16(14)7-11(13)10-4-3-5-15-6-10;1-8-7(11)6-3-5(10)4-9(6)2/h3-9,12H,13-14H2,1-2H3;5-6,10H,3-4H2,1-2H3,(H,8,11)/b11-7-;. The van der Waals surface area contributed by atoms with Crippen molar-refractivity contribution in [3.63, 3.8) is 0 Å². The zero-order valence-electron chi connectivity index (χ0n) is 16.9. The van der Waals surface area contributed by atoms with E-state index in [4.69, 9.17) is 11.6 Å². The Morgan fingerprint density at radius 3 is 2.61 bits per heavy atom. The summed E-state index contributed by atoms with van der Waals surface area (Å²) in [6.45, 7) is 4.44. The van der Waals surface area contributed by atoms with Gasteiger partial charge in [0, 0.05) is 37.7 Å². The van der Waals surface area contributed by atoms with E-state index in [-0.39, 0.29) is 30.0 Å². The van der Waals surface area contributed by atoms with E-state index in [1.165, 1.54) is 5.01 Å². The van der Waals surface area contributed by atoms with E-state index in [0.29, 0.717) is 18.7 Å². The van der Waals surface area contributed by atoms with Crippen LogP contribution in [0.4, 0.5) is 0 Å². The number of hydrogen-bond acceptors (Lipinski definition) is 8. The topological polar surface area (TPSA) is 138 Å². The molecule has 3 atom stereocenters. The number of nitrogens with one attached hydrogen (secondary N) is 1. The van der Waals surface area contributed by atoms with Crippen LogP contribution in [-0.4, -0.2) is 71.0 Å². The van der Waals surface area contributed by atoms with Crippen molar-refractivity contribution in [3.8, 4) is 0 Å². The molecule has 2 heterocycles. The highest BCUT2D eigenvalue weighted by atomic mass is 16.3. The van der Waals surface area contributed by atoms with Crippen LogP contribution in [0.15, 0.2) is 30.7 Å². The first-order valence-electron chi connectivity index (χ1n) is 9.17. The Hall–Kier alpha value is -2.49. The number of nitrogens with zero attached hydrogens (tertiary/aromatic N) is 3. The average Bonchev–Trinajstić information content (AvgIpc) is 3.00. The molecule has 1 amide bonds. The largest absolute Gasteiger partial charge is 0.397 e. The lowest BCUT2D eigenvalue weighted by Gasteiger charge is -2.24. The molecular weight excluding hydrogens is 360 g/mol. The van der Waals surface area contributed by atoms with Crippen molar-refractivity contribution >= 4 is 17.9 Å². The second-order valence-corrected chi connectivity index (χ2v) is 7.10. The fourth-order valence-electron chi connectivity index (χ4n) is 2.87. The fourth-order valence-corrected chi connectivity index (χ4v) is 2.87. The number of aliphatic hydroxyl groups is 1. The Kier molecular flexibility index (Phi) is 9.57. The highest BCUT2D eigenvalue weighted by molar-refractivity contribution is 5.81. The summed E-state index contributed by atoms with van der Waals surface area (Å²) in [6.07, 6.45) is 5.89. The number of aliphatic hydroxyl groups excluding tert-OH is 1. The summed E-state index contributed by atoms with van der Waals surface area (Å²) in [4.78, 5) is 27.8. The summed E-state index contributed by atoms with van der Waals surface area (Å²) < 4.78 is 0. The molecule has 2 rings (SSSR count). The molecule has 0 aromatic carbocycles. The molecule has 1 saturated heterocycles. The molecule has 0 aliphatic carbocycles. The van der Waals surface area contributed by atoms with Gasteiger partial charge in [0.15, 0.2) is 0 Å². The maximum absolute atomic E-state index is 11.1. The van der Waals surface area contributed by atoms with Crippen LogP contribution in [0.1, 0.15) is 25.8 Å². The van der Waals surface area contributed by atoms with Gasteiger partial charge in [-0.25, -0.2) is 5.84 Å². The van der Waals surface area contributed by atoms with Gasteiger partial charge in [0.1, 0.15) is 12.3 Å². The van der Waals surface area contributed by atoms with E-state index in [1.54, 1.807) is 31.7 Å². The van der Waals surface area contributed by atoms with Crippen molar-refractivity contribution in [2.24, 2.45) is 17.5 Å². The monoisotopic (exact) mass is 392 g/mol. The second-order valence-electron chi connectivity index (χ2n) is 7.10. The smallest absolute Gasteiger partial charge is 0.237 e. The Balaban J connectivity index is 0.000000307. The molecule has 1 fully saturated rings. The van der Waals surface area contributed by atoms with Gasteiger partial charge in [0.05, 0.1) is 17.8 Å². The molecule has 1 aliphatic heterocycles. The molecule has 0 spiro atoms. The summed E-state index contributed by atoms with van der Waals surface area (Å²) in [5.74, 6) is 5.90. The number of likely N-dealkylation sites (N-methyl/N-ethyl adjacent to an activating group) is 2. The number of β-amino-alcohol motifs (C(OH)–C–C–N with tert-alkyl or cyclic N) is 1. The first-order chi connectivity index (χ1) is 13.2. The van der Waals surface area contributed by atoms with Gasteiger partial charge in [-0.15, -0.1) is 0 Å². The van der Waals surface area contributed by atoms with Gasteiger partial charge >= 0.3 is 0 Å². The minimum atomic E-state index is -0.384. The molecule has 156 valence electrons. The number of pyridine rings is 1. The maximum atomic E-state index is 11.1. The minimum absolute atomic E-state index is 0.0101. The lowest BCUT2D eigenvalue weighted by Crippen LogP contribution is -2.41. The van der Waals surface area contributed by atoms with Crippen LogP contribution in [0.2, 0.25) is 0 Å². The Bertz CT molecular complexity index is 652. The first-order valence-corrected chi connectivity index (χ1v) is 9.17. The zero-order chi connectivity index (χ0) is 21.3. The predicted molar refractivity (Wildman–Crippen MR) is 108 cm³/mol. The summed E-state index contributed by atoms with van der Waals surface area (Å²) in [5, 5.41) is 13.1. The van der Waals surface area contributed by atoms with E-state index >= 15 is 0 Å². The Labute approximate surface area is 166 Å². The molecule has 1 aliphatic rings. The maximum Gasteiger partial charge on any atom is 0.237 e. The molecule has 1 aromatic rings. The Morgan fingerprint density at radius 1 is 1.50 bits per heavy atom. The van der Waals surface area contributed by atoms with Crippen LogP contribution in [0.25, 0.3) is 5.70 Å². The number of carbonyl (C=O) groups is 2. The number of amides is 1. The van der Waals surface area contributed by atoms with Gasteiger partial charge in [0.25, 0.3) is 0 Å². The number of hydrazine groups is 1. The second kappa shape index (κ2) is 11.4. The number of rotatable bonds is 6. The number of nitrogens with two attached hydrogens (primary N) is 2. The van der Waals surface area contributed by atoms with Crippen LogP contribution < -0.4 is 16.9 Å². The summed E-state index contributed by atoms with van der Waals surface area (Å²) in [5.41, 5.74) is 7.13.